The average Bonchev–Trinajstić information content (AvgIpc) is 2.72. The Hall–Kier alpha value is -2.60. The maximum atomic E-state index is 13.9. The number of benzene rings is 2. The van der Waals surface area contributed by atoms with E-state index in [9.17, 15) is 14.0 Å². The SMILES string of the molecule is O=C(CCl)NCCc1ccc(CNC(=O)C2CCOc3c(F)cccc32)cc1. The molecule has 2 N–H and O–H groups in total. The molecule has 0 aliphatic carbocycles. The van der Waals surface area contributed by atoms with Gasteiger partial charge >= 0.3 is 0 Å². The Labute approximate surface area is 168 Å². The molecule has 1 unspecified atom stereocenters. The number of ether oxygens (including phenoxy) is 1. The van der Waals surface area contributed by atoms with Crippen LogP contribution in [0.5, 0.6) is 5.75 Å². The van der Waals surface area contributed by atoms with Crippen LogP contribution < -0.4 is 15.4 Å². The van der Waals surface area contributed by atoms with Crippen molar-refractivity contribution in [3.05, 3.63) is 65.0 Å². The molecule has 148 valence electrons. The minimum atomic E-state index is -0.437. The lowest BCUT2D eigenvalue weighted by Gasteiger charge is -2.25. The normalized spacial score (nSPS) is 15.3. The molecule has 1 atom stereocenters. The van der Waals surface area contributed by atoms with E-state index in [4.69, 9.17) is 16.3 Å². The molecule has 5 nitrogen and oxygen atoms in total. The second-order valence-electron chi connectivity index (χ2n) is 6.62. The van der Waals surface area contributed by atoms with Crippen molar-refractivity contribution in [2.24, 2.45) is 0 Å². The minimum absolute atomic E-state index is 0.0388. The van der Waals surface area contributed by atoms with Crippen LogP contribution in [-0.2, 0) is 22.6 Å². The smallest absolute Gasteiger partial charge is 0.234 e. The molecule has 0 aromatic heterocycles. The average molecular weight is 405 g/mol. The predicted octanol–water partition coefficient (Wildman–Crippen LogP) is 2.91. The Kier molecular flexibility index (Phi) is 6.87. The fraction of sp³-hybridized carbons (Fsp3) is 0.333. The second kappa shape index (κ2) is 9.55. The monoisotopic (exact) mass is 404 g/mol. The number of alkyl halides is 1. The van der Waals surface area contributed by atoms with Crippen LogP contribution in [0.4, 0.5) is 4.39 Å². The topological polar surface area (TPSA) is 67.4 Å². The summed E-state index contributed by atoms with van der Waals surface area (Å²) in [4.78, 5) is 23.7. The van der Waals surface area contributed by atoms with E-state index < -0.39 is 11.7 Å². The van der Waals surface area contributed by atoms with Crippen molar-refractivity contribution in [2.45, 2.75) is 25.3 Å². The van der Waals surface area contributed by atoms with E-state index in [0.29, 0.717) is 38.1 Å². The van der Waals surface area contributed by atoms with Gasteiger partial charge < -0.3 is 15.4 Å². The summed E-state index contributed by atoms with van der Waals surface area (Å²) in [6.07, 6.45) is 1.23. The van der Waals surface area contributed by atoms with E-state index in [0.717, 1.165) is 11.1 Å². The van der Waals surface area contributed by atoms with Crippen LogP contribution in [0.2, 0.25) is 0 Å². The first-order valence-corrected chi connectivity index (χ1v) is 9.71. The van der Waals surface area contributed by atoms with Crippen LogP contribution in [0.25, 0.3) is 0 Å². The lowest BCUT2D eigenvalue weighted by atomic mass is 9.92. The van der Waals surface area contributed by atoms with Crippen LogP contribution in [0.15, 0.2) is 42.5 Å². The summed E-state index contributed by atoms with van der Waals surface area (Å²) in [5.74, 6) is -1.03. The quantitative estimate of drug-likeness (QED) is 0.697. The predicted molar refractivity (Wildman–Crippen MR) is 105 cm³/mol. The van der Waals surface area contributed by atoms with Crippen molar-refractivity contribution in [1.29, 1.82) is 0 Å². The zero-order valence-electron chi connectivity index (χ0n) is 15.3. The molecule has 3 rings (SSSR count). The Morgan fingerprint density at radius 2 is 1.86 bits per heavy atom. The van der Waals surface area contributed by atoms with Crippen molar-refractivity contribution in [2.75, 3.05) is 19.0 Å². The Bertz CT molecular complexity index is 842. The molecule has 0 spiro atoms. The van der Waals surface area contributed by atoms with E-state index >= 15 is 0 Å². The summed E-state index contributed by atoms with van der Waals surface area (Å²) in [6, 6.07) is 12.5. The zero-order chi connectivity index (χ0) is 19.9. The molecule has 1 aliphatic rings. The van der Waals surface area contributed by atoms with E-state index in [-0.39, 0.29) is 23.4 Å². The zero-order valence-corrected chi connectivity index (χ0v) is 16.1. The van der Waals surface area contributed by atoms with Crippen LogP contribution in [0.1, 0.15) is 29.0 Å². The van der Waals surface area contributed by atoms with Crippen molar-refractivity contribution in [3.63, 3.8) is 0 Å². The fourth-order valence-corrected chi connectivity index (χ4v) is 3.28. The van der Waals surface area contributed by atoms with Gasteiger partial charge in [0.1, 0.15) is 5.88 Å². The summed E-state index contributed by atoms with van der Waals surface area (Å²) in [5.41, 5.74) is 2.64. The van der Waals surface area contributed by atoms with Gasteiger partial charge in [0.05, 0.1) is 12.5 Å². The summed E-state index contributed by atoms with van der Waals surface area (Å²) in [7, 11) is 0. The summed E-state index contributed by atoms with van der Waals surface area (Å²) >= 11 is 5.43. The first-order valence-electron chi connectivity index (χ1n) is 9.18. The number of rotatable bonds is 7. The van der Waals surface area contributed by atoms with Gasteiger partial charge in [-0.3, -0.25) is 9.59 Å². The van der Waals surface area contributed by atoms with Gasteiger partial charge in [0.2, 0.25) is 11.8 Å². The first kappa shape index (κ1) is 20.1. The standard InChI is InChI=1S/C21H22ClFN2O3/c22-12-19(26)24-10-8-14-4-6-15(7-5-14)13-25-21(27)17-9-11-28-20-16(17)2-1-3-18(20)23/h1-7,17H,8-13H2,(H,24,26)(H,25,27). The second-order valence-corrected chi connectivity index (χ2v) is 6.88. The molecule has 7 heteroatoms. The number of halogens is 2. The number of amides is 2. The number of carbonyl (C=O) groups is 2. The Morgan fingerprint density at radius 1 is 1.11 bits per heavy atom. The summed E-state index contributed by atoms with van der Waals surface area (Å²) in [5, 5.41) is 5.64. The number of carbonyl (C=O) groups excluding carboxylic acids is 2. The van der Waals surface area contributed by atoms with Crippen LogP contribution in [0, 0.1) is 5.82 Å². The molecule has 0 radical (unpaired) electrons. The highest BCUT2D eigenvalue weighted by molar-refractivity contribution is 6.27. The van der Waals surface area contributed by atoms with Crippen molar-refractivity contribution >= 4 is 23.4 Å². The third kappa shape index (κ3) is 5.01. The maximum absolute atomic E-state index is 13.9. The highest BCUT2D eigenvalue weighted by Crippen LogP contribution is 2.35. The molecule has 0 fully saturated rings. The van der Waals surface area contributed by atoms with Crippen molar-refractivity contribution in [1.82, 2.24) is 10.6 Å². The maximum Gasteiger partial charge on any atom is 0.234 e. The highest BCUT2D eigenvalue weighted by atomic mass is 35.5. The Morgan fingerprint density at radius 3 is 2.61 bits per heavy atom. The summed E-state index contributed by atoms with van der Waals surface area (Å²) < 4.78 is 19.2. The molecule has 1 heterocycles. The van der Waals surface area contributed by atoms with E-state index in [2.05, 4.69) is 10.6 Å². The number of nitrogens with one attached hydrogen (secondary N) is 2. The van der Waals surface area contributed by atoms with Gasteiger partial charge in [-0.2, -0.15) is 0 Å². The van der Waals surface area contributed by atoms with E-state index in [1.807, 2.05) is 24.3 Å². The Balaban J connectivity index is 1.53. The van der Waals surface area contributed by atoms with Gasteiger partial charge in [0.25, 0.3) is 0 Å². The number of para-hydroxylation sites is 1. The molecule has 28 heavy (non-hydrogen) atoms. The van der Waals surface area contributed by atoms with Crippen LogP contribution in [-0.4, -0.2) is 30.8 Å². The largest absolute Gasteiger partial charge is 0.490 e. The first-order chi connectivity index (χ1) is 13.6. The van der Waals surface area contributed by atoms with Gasteiger partial charge in [0.15, 0.2) is 11.6 Å². The summed E-state index contributed by atoms with van der Waals surface area (Å²) in [6.45, 7) is 1.24. The number of fused-ring (bicyclic) bond motifs is 1. The third-order valence-electron chi connectivity index (χ3n) is 4.69. The lowest BCUT2D eigenvalue weighted by Crippen LogP contribution is -2.32. The van der Waals surface area contributed by atoms with E-state index in [1.54, 1.807) is 12.1 Å². The number of hydrogen-bond donors (Lipinski definition) is 2. The van der Waals surface area contributed by atoms with Crippen molar-refractivity contribution < 1.29 is 18.7 Å². The molecule has 0 saturated carbocycles. The molecule has 0 saturated heterocycles. The fourth-order valence-electron chi connectivity index (χ4n) is 3.19. The molecular weight excluding hydrogens is 383 g/mol. The molecule has 0 bridgehead atoms. The van der Waals surface area contributed by atoms with E-state index in [1.165, 1.54) is 6.07 Å². The van der Waals surface area contributed by atoms with Gasteiger partial charge in [-0.25, -0.2) is 4.39 Å². The lowest BCUT2D eigenvalue weighted by molar-refractivity contribution is -0.123. The highest BCUT2D eigenvalue weighted by Gasteiger charge is 2.29. The molecule has 2 aromatic rings. The molecular formula is C21H22ClFN2O3. The van der Waals surface area contributed by atoms with Gasteiger partial charge in [-0.15, -0.1) is 11.6 Å². The molecule has 1 aliphatic heterocycles. The third-order valence-corrected chi connectivity index (χ3v) is 4.93. The van der Waals surface area contributed by atoms with Crippen LogP contribution >= 0.6 is 11.6 Å². The minimum Gasteiger partial charge on any atom is -0.490 e. The number of hydrogen-bond acceptors (Lipinski definition) is 3. The van der Waals surface area contributed by atoms with Gasteiger partial charge in [0, 0.05) is 18.7 Å². The molecule has 2 aromatic carbocycles. The van der Waals surface area contributed by atoms with Gasteiger partial charge in [-0.05, 0) is 30.0 Å². The van der Waals surface area contributed by atoms with Crippen LogP contribution in [0.3, 0.4) is 0 Å². The van der Waals surface area contributed by atoms with Crippen molar-refractivity contribution in [3.8, 4) is 5.75 Å². The van der Waals surface area contributed by atoms with Gasteiger partial charge in [-0.1, -0.05) is 36.4 Å². The molecule has 2 amide bonds.